The molecule has 1 amide bonds. The maximum absolute atomic E-state index is 13.4. The Hall–Kier alpha value is -2.15. The summed E-state index contributed by atoms with van der Waals surface area (Å²) in [7, 11) is 0. The molecular formula is C12H10BrFN4O. The summed E-state index contributed by atoms with van der Waals surface area (Å²) in [6.45, 7) is 0. The highest BCUT2D eigenvalue weighted by molar-refractivity contribution is 9.10. The smallest absolute Gasteiger partial charge is 0.250 e. The Balaban J connectivity index is 2.30. The van der Waals surface area contributed by atoms with Crippen LogP contribution in [-0.4, -0.2) is 10.9 Å². The average molecular weight is 325 g/mol. The second kappa shape index (κ2) is 5.23. The number of anilines is 3. The first-order valence-corrected chi connectivity index (χ1v) is 6.04. The van der Waals surface area contributed by atoms with Crippen molar-refractivity contribution in [1.82, 2.24) is 4.98 Å². The average Bonchev–Trinajstić information content (AvgIpc) is 2.36. The first-order chi connectivity index (χ1) is 8.97. The number of pyridine rings is 1. The van der Waals surface area contributed by atoms with E-state index >= 15 is 0 Å². The van der Waals surface area contributed by atoms with Crippen molar-refractivity contribution in [3.63, 3.8) is 0 Å². The van der Waals surface area contributed by atoms with Crippen LogP contribution in [0.5, 0.6) is 0 Å². The Morgan fingerprint density at radius 1 is 1.37 bits per heavy atom. The lowest BCUT2D eigenvalue weighted by Crippen LogP contribution is -2.14. The third kappa shape index (κ3) is 3.00. The predicted octanol–water partition coefficient (Wildman–Crippen LogP) is 2.41. The van der Waals surface area contributed by atoms with Crippen LogP contribution >= 0.6 is 15.9 Å². The van der Waals surface area contributed by atoms with Crippen LogP contribution in [0.4, 0.5) is 21.6 Å². The summed E-state index contributed by atoms with van der Waals surface area (Å²) in [5.41, 5.74) is 11.6. The molecule has 2 aromatic rings. The molecule has 0 radical (unpaired) electrons. The number of primary amides is 1. The van der Waals surface area contributed by atoms with Crippen molar-refractivity contribution in [2.75, 3.05) is 11.1 Å². The van der Waals surface area contributed by atoms with Crippen LogP contribution in [-0.2, 0) is 0 Å². The molecule has 1 heterocycles. The lowest BCUT2D eigenvalue weighted by molar-refractivity contribution is 0.100. The summed E-state index contributed by atoms with van der Waals surface area (Å²) in [6.07, 6.45) is 1.32. The van der Waals surface area contributed by atoms with Gasteiger partial charge in [0.15, 0.2) is 0 Å². The SMILES string of the molecule is NC(=O)c1cc(Nc2ccc(Br)c(F)c2)ncc1N. The molecule has 5 nitrogen and oxygen atoms in total. The molecule has 2 rings (SSSR count). The molecule has 1 aromatic heterocycles. The van der Waals surface area contributed by atoms with Crippen molar-refractivity contribution in [1.29, 1.82) is 0 Å². The Morgan fingerprint density at radius 2 is 2.11 bits per heavy atom. The number of hydrogen-bond acceptors (Lipinski definition) is 4. The monoisotopic (exact) mass is 324 g/mol. The van der Waals surface area contributed by atoms with Gasteiger partial charge in [-0.2, -0.15) is 0 Å². The van der Waals surface area contributed by atoms with E-state index in [1.165, 1.54) is 18.3 Å². The second-order valence-corrected chi connectivity index (χ2v) is 4.63. The summed E-state index contributed by atoms with van der Waals surface area (Å²) in [4.78, 5) is 15.1. The highest BCUT2D eigenvalue weighted by Gasteiger charge is 2.08. The van der Waals surface area contributed by atoms with Gasteiger partial charge in [-0.3, -0.25) is 4.79 Å². The van der Waals surface area contributed by atoms with E-state index in [1.807, 2.05) is 0 Å². The predicted molar refractivity (Wildman–Crippen MR) is 74.5 cm³/mol. The van der Waals surface area contributed by atoms with Gasteiger partial charge in [0, 0.05) is 5.69 Å². The van der Waals surface area contributed by atoms with Crippen LogP contribution in [0.25, 0.3) is 0 Å². The van der Waals surface area contributed by atoms with Gasteiger partial charge in [-0.25, -0.2) is 9.37 Å². The van der Waals surface area contributed by atoms with Gasteiger partial charge in [0.1, 0.15) is 11.6 Å². The van der Waals surface area contributed by atoms with Crippen LogP contribution < -0.4 is 16.8 Å². The molecule has 98 valence electrons. The van der Waals surface area contributed by atoms with E-state index in [-0.39, 0.29) is 11.3 Å². The number of amides is 1. The molecule has 0 unspecified atom stereocenters. The van der Waals surface area contributed by atoms with E-state index in [4.69, 9.17) is 11.5 Å². The fourth-order valence-electron chi connectivity index (χ4n) is 1.47. The zero-order valence-corrected chi connectivity index (χ0v) is 11.2. The molecule has 0 aliphatic carbocycles. The van der Waals surface area contributed by atoms with Crippen LogP contribution in [0.2, 0.25) is 0 Å². The minimum atomic E-state index is -0.648. The van der Waals surface area contributed by atoms with Crippen molar-refractivity contribution < 1.29 is 9.18 Å². The number of nitrogen functional groups attached to an aromatic ring is 1. The van der Waals surface area contributed by atoms with Gasteiger partial charge in [0.25, 0.3) is 5.91 Å². The number of benzene rings is 1. The Kier molecular flexibility index (Phi) is 3.66. The van der Waals surface area contributed by atoms with E-state index in [2.05, 4.69) is 26.2 Å². The van der Waals surface area contributed by atoms with E-state index in [9.17, 15) is 9.18 Å². The van der Waals surface area contributed by atoms with Crippen LogP contribution in [0, 0.1) is 5.82 Å². The number of nitrogens with two attached hydrogens (primary N) is 2. The molecule has 7 heteroatoms. The summed E-state index contributed by atoms with van der Waals surface area (Å²) in [5, 5.41) is 2.86. The molecule has 1 aromatic carbocycles. The second-order valence-electron chi connectivity index (χ2n) is 3.77. The van der Waals surface area contributed by atoms with Gasteiger partial charge in [0.05, 0.1) is 21.9 Å². The maximum Gasteiger partial charge on any atom is 0.250 e. The third-order valence-electron chi connectivity index (χ3n) is 2.39. The van der Waals surface area contributed by atoms with Gasteiger partial charge >= 0.3 is 0 Å². The number of nitrogens with one attached hydrogen (secondary N) is 1. The number of carbonyl (C=O) groups is 1. The normalized spacial score (nSPS) is 10.2. The van der Waals surface area contributed by atoms with Crippen molar-refractivity contribution in [2.24, 2.45) is 5.73 Å². The van der Waals surface area contributed by atoms with Gasteiger partial charge < -0.3 is 16.8 Å². The molecular weight excluding hydrogens is 315 g/mol. The highest BCUT2D eigenvalue weighted by Crippen LogP contribution is 2.23. The topological polar surface area (TPSA) is 94.0 Å². The number of carbonyl (C=O) groups excluding carboxylic acids is 1. The summed E-state index contributed by atoms with van der Waals surface area (Å²) in [6, 6.07) is 5.93. The number of aromatic nitrogens is 1. The largest absolute Gasteiger partial charge is 0.397 e. The molecule has 0 saturated carbocycles. The molecule has 5 N–H and O–H groups in total. The molecule has 0 aliphatic heterocycles. The van der Waals surface area contributed by atoms with Crippen molar-refractivity contribution >= 4 is 39.0 Å². The van der Waals surface area contributed by atoms with Gasteiger partial charge in [-0.05, 0) is 40.2 Å². The first kappa shape index (κ1) is 13.3. The lowest BCUT2D eigenvalue weighted by atomic mass is 10.2. The molecule has 0 fully saturated rings. The number of hydrogen-bond donors (Lipinski definition) is 3. The molecule has 0 bridgehead atoms. The zero-order valence-electron chi connectivity index (χ0n) is 9.65. The minimum absolute atomic E-state index is 0.162. The molecule has 0 atom stereocenters. The summed E-state index contributed by atoms with van der Waals surface area (Å²) in [5.74, 6) is -0.703. The quantitative estimate of drug-likeness (QED) is 0.808. The van der Waals surface area contributed by atoms with E-state index < -0.39 is 11.7 Å². The molecule has 19 heavy (non-hydrogen) atoms. The van der Waals surface area contributed by atoms with Gasteiger partial charge in [-0.15, -0.1) is 0 Å². The first-order valence-electron chi connectivity index (χ1n) is 5.25. The fraction of sp³-hybridized carbons (Fsp3) is 0. The van der Waals surface area contributed by atoms with E-state index in [1.54, 1.807) is 12.1 Å². The van der Waals surface area contributed by atoms with Crippen molar-refractivity contribution in [2.45, 2.75) is 0 Å². The Labute approximate surface area is 116 Å². The number of rotatable bonds is 3. The Bertz CT molecular complexity index is 648. The molecule has 0 saturated heterocycles. The number of halogens is 2. The third-order valence-corrected chi connectivity index (χ3v) is 3.04. The minimum Gasteiger partial charge on any atom is -0.397 e. The van der Waals surface area contributed by atoms with Crippen LogP contribution in [0.3, 0.4) is 0 Å². The van der Waals surface area contributed by atoms with Gasteiger partial charge in [-0.1, -0.05) is 0 Å². The van der Waals surface area contributed by atoms with Crippen molar-refractivity contribution in [3.05, 3.63) is 46.3 Å². The molecule has 0 aliphatic rings. The standard InChI is InChI=1S/C12H10BrFN4O/c13-8-2-1-6(3-9(8)14)18-11-4-7(12(16)19)10(15)5-17-11/h1-5H,15H2,(H2,16,19)(H,17,18). The summed E-state index contributed by atoms with van der Waals surface area (Å²) >= 11 is 3.06. The lowest BCUT2D eigenvalue weighted by Gasteiger charge is -2.08. The van der Waals surface area contributed by atoms with E-state index in [0.717, 1.165) is 0 Å². The molecule has 0 spiro atoms. The van der Waals surface area contributed by atoms with Crippen molar-refractivity contribution in [3.8, 4) is 0 Å². The maximum atomic E-state index is 13.4. The number of nitrogens with zero attached hydrogens (tertiary/aromatic N) is 1. The zero-order chi connectivity index (χ0) is 14.0. The van der Waals surface area contributed by atoms with Crippen LogP contribution in [0.15, 0.2) is 34.9 Å². The Morgan fingerprint density at radius 3 is 2.74 bits per heavy atom. The fourth-order valence-corrected chi connectivity index (χ4v) is 1.72. The summed E-state index contributed by atoms with van der Waals surface area (Å²) < 4.78 is 13.7. The van der Waals surface area contributed by atoms with Crippen LogP contribution in [0.1, 0.15) is 10.4 Å². The van der Waals surface area contributed by atoms with Gasteiger partial charge in [0.2, 0.25) is 0 Å². The van der Waals surface area contributed by atoms with E-state index in [0.29, 0.717) is 16.0 Å². The highest BCUT2D eigenvalue weighted by atomic mass is 79.9.